The minimum absolute atomic E-state index is 0.109. The van der Waals surface area contributed by atoms with E-state index in [4.69, 9.17) is 0 Å². The average molecular weight is 258 g/mol. The number of hydrogen-bond donors (Lipinski definition) is 3. The van der Waals surface area contributed by atoms with Gasteiger partial charge in [-0.1, -0.05) is 12.1 Å². The monoisotopic (exact) mass is 258 g/mol. The molecule has 0 bridgehead atoms. The first-order chi connectivity index (χ1) is 9.18. The number of aromatic nitrogens is 1. The van der Waals surface area contributed by atoms with Crippen molar-refractivity contribution in [2.24, 2.45) is 0 Å². The quantitative estimate of drug-likeness (QED) is 0.770. The maximum absolute atomic E-state index is 9.77. The molecule has 0 fully saturated rings. The number of hydrogen-bond acceptors (Lipinski definition) is 4. The van der Waals surface area contributed by atoms with Gasteiger partial charge in [0.1, 0.15) is 11.5 Å². The Morgan fingerprint density at radius 2 is 1.84 bits per heavy atom. The van der Waals surface area contributed by atoms with Crippen LogP contribution in [0.5, 0.6) is 11.5 Å². The van der Waals surface area contributed by atoms with Crippen LogP contribution in [0.4, 0.5) is 0 Å². The summed E-state index contributed by atoms with van der Waals surface area (Å²) in [5.41, 5.74) is 1.55. The van der Waals surface area contributed by atoms with E-state index in [9.17, 15) is 10.2 Å². The minimum Gasteiger partial charge on any atom is -0.507 e. The Morgan fingerprint density at radius 3 is 2.47 bits per heavy atom. The number of nitrogens with zero attached hydrogens (tertiary/aromatic N) is 1. The molecule has 0 spiro atoms. The third kappa shape index (κ3) is 3.45. The van der Waals surface area contributed by atoms with Gasteiger partial charge in [0.25, 0.3) is 0 Å². The largest absolute Gasteiger partial charge is 0.507 e. The summed E-state index contributed by atoms with van der Waals surface area (Å²) in [4.78, 5) is 4.24. The molecule has 4 heteroatoms. The lowest BCUT2D eigenvalue weighted by molar-refractivity contribution is 0.419. The SMILES string of the molecule is CC(NCCc1ccccn1)c1c(O)cccc1O. The first kappa shape index (κ1) is 13.4. The molecular weight excluding hydrogens is 240 g/mol. The topological polar surface area (TPSA) is 65.4 Å². The zero-order valence-corrected chi connectivity index (χ0v) is 10.9. The van der Waals surface area contributed by atoms with E-state index in [2.05, 4.69) is 10.3 Å². The lowest BCUT2D eigenvalue weighted by Gasteiger charge is -2.16. The normalized spacial score (nSPS) is 12.3. The van der Waals surface area contributed by atoms with E-state index in [1.165, 1.54) is 0 Å². The van der Waals surface area contributed by atoms with Gasteiger partial charge in [-0.15, -0.1) is 0 Å². The van der Waals surface area contributed by atoms with Gasteiger partial charge in [0, 0.05) is 30.9 Å². The summed E-state index contributed by atoms with van der Waals surface area (Å²) in [7, 11) is 0. The number of phenols is 2. The number of phenolic OH excluding ortho intramolecular Hbond substituents is 2. The Kier molecular flexibility index (Phi) is 4.36. The van der Waals surface area contributed by atoms with E-state index in [0.29, 0.717) is 5.56 Å². The predicted molar refractivity (Wildman–Crippen MR) is 74.1 cm³/mol. The van der Waals surface area contributed by atoms with Gasteiger partial charge in [0.15, 0.2) is 0 Å². The Balaban J connectivity index is 1.93. The van der Waals surface area contributed by atoms with Gasteiger partial charge in [-0.2, -0.15) is 0 Å². The molecular formula is C15H18N2O2. The summed E-state index contributed by atoms with van der Waals surface area (Å²) < 4.78 is 0. The van der Waals surface area contributed by atoms with E-state index in [1.54, 1.807) is 24.4 Å². The second-order valence-corrected chi connectivity index (χ2v) is 4.46. The maximum Gasteiger partial charge on any atom is 0.124 e. The van der Waals surface area contributed by atoms with Crippen LogP contribution in [0, 0.1) is 0 Å². The molecule has 1 heterocycles. The van der Waals surface area contributed by atoms with Gasteiger partial charge in [-0.25, -0.2) is 0 Å². The maximum atomic E-state index is 9.77. The fourth-order valence-corrected chi connectivity index (χ4v) is 2.05. The van der Waals surface area contributed by atoms with E-state index < -0.39 is 0 Å². The Bertz CT molecular complexity index is 509. The number of benzene rings is 1. The summed E-state index contributed by atoms with van der Waals surface area (Å²) in [6, 6.07) is 10.5. The van der Waals surface area contributed by atoms with E-state index >= 15 is 0 Å². The third-order valence-electron chi connectivity index (χ3n) is 3.05. The van der Waals surface area contributed by atoms with Gasteiger partial charge in [-0.05, 0) is 31.2 Å². The molecule has 1 aromatic heterocycles. The van der Waals surface area contributed by atoms with Crippen LogP contribution in [-0.2, 0) is 6.42 Å². The Morgan fingerprint density at radius 1 is 1.11 bits per heavy atom. The van der Waals surface area contributed by atoms with E-state index in [0.717, 1.165) is 18.7 Å². The van der Waals surface area contributed by atoms with E-state index in [1.807, 2.05) is 25.1 Å². The van der Waals surface area contributed by atoms with Crippen LogP contribution in [0.15, 0.2) is 42.6 Å². The predicted octanol–water partition coefficient (Wildman–Crippen LogP) is 2.39. The highest BCUT2D eigenvalue weighted by Gasteiger charge is 2.14. The third-order valence-corrected chi connectivity index (χ3v) is 3.05. The molecule has 0 saturated heterocycles. The molecule has 0 aliphatic carbocycles. The van der Waals surface area contributed by atoms with Crippen molar-refractivity contribution in [2.45, 2.75) is 19.4 Å². The zero-order chi connectivity index (χ0) is 13.7. The highest BCUT2D eigenvalue weighted by molar-refractivity contribution is 5.44. The summed E-state index contributed by atoms with van der Waals surface area (Å²) >= 11 is 0. The summed E-state index contributed by atoms with van der Waals surface area (Å²) in [6.07, 6.45) is 2.58. The van der Waals surface area contributed by atoms with Crippen molar-refractivity contribution in [3.63, 3.8) is 0 Å². The average Bonchev–Trinajstić information content (AvgIpc) is 2.40. The van der Waals surface area contributed by atoms with E-state index in [-0.39, 0.29) is 17.5 Å². The molecule has 1 aromatic carbocycles. The van der Waals surface area contributed by atoms with Crippen molar-refractivity contribution < 1.29 is 10.2 Å². The molecule has 100 valence electrons. The van der Waals surface area contributed by atoms with Gasteiger partial charge in [0.05, 0.1) is 5.56 Å². The van der Waals surface area contributed by atoms with Crippen LogP contribution in [0.3, 0.4) is 0 Å². The molecule has 19 heavy (non-hydrogen) atoms. The van der Waals surface area contributed by atoms with Gasteiger partial charge < -0.3 is 15.5 Å². The number of nitrogens with one attached hydrogen (secondary N) is 1. The minimum atomic E-state index is -0.120. The van der Waals surface area contributed by atoms with Crippen LogP contribution >= 0.6 is 0 Å². The van der Waals surface area contributed by atoms with Crippen LogP contribution in [-0.4, -0.2) is 21.7 Å². The number of aromatic hydroxyl groups is 2. The Hall–Kier alpha value is -2.07. The first-order valence-corrected chi connectivity index (χ1v) is 6.32. The fraction of sp³-hybridized carbons (Fsp3) is 0.267. The molecule has 1 atom stereocenters. The van der Waals surface area contributed by atoms with Gasteiger partial charge >= 0.3 is 0 Å². The van der Waals surface area contributed by atoms with Crippen molar-refractivity contribution in [3.8, 4) is 11.5 Å². The summed E-state index contributed by atoms with van der Waals surface area (Å²) in [6.45, 7) is 2.64. The number of rotatable bonds is 5. The standard InChI is InChI=1S/C15H18N2O2/c1-11(15-13(18)6-4-7-14(15)19)16-10-8-12-5-2-3-9-17-12/h2-7,9,11,16,18-19H,8,10H2,1H3. The van der Waals surface area contributed by atoms with Crippen molar-refractivity contribution >= 4 is 0 Å². The van der Waals surface area contributed by atoms with Crippen molar-refractivity contribution in [3.05, 3.63) is 53.9 Å². The van der Waals surface area contributed by atoms with Crippen LogP contribution in [0.1, 0.15) is 24.2 Å². The molecule has 0 amide bonds. The van der Waals surface area contributed by atoms with Gasteiger partial charge in [0.2, 0.25) is 0 Å². The first-order valence-electron chi connectivity index (χ1n) is 6.32. The van der Waals surface area contributed by atoms with Crippen LogP contribution in [0.2, 0.25) is 0 Å². The molecule has 0 aliphatic heterocycles. The lowest BCUT2D eigenvalue weighted by Crippen LogP contribution is -2.21. The summed E-state index contributed by atoms with van der Waals surface area (Å²) in [5.74, 6) is 0.218. The lowest BCUT2D eigenvalue weighted by atomic mass is 10.1. The molecule has 2 rings (SSSR count). The smallest absolute Gasteiger partial charge is 0.124 e. The Labute approximate surface area is 112 Å². The molecule has 4 nitrogen and oxygen atoms in total. The molecule has 0 saturated carbocycles. The molecule has 0 radical (unpaired) electrons. The van der Waals surface area contributed by atoms with Crippen molar-refractivity contribution in [2.75, 3.05) is 6.54 Å². The molecule has 1 unspecified atom stereocenters. The fourth-order valence-electron chi connectivity index (χ4n) is 2.05. The number of pyridine rings is 1. The highest BCUT2D eigenvalue weighted by Crippen LogP contribution is 2.31. The summed E-state index contributed by atoms with van der Waals surface area (Å²) in [5, 5.41) is 22.8. The molecule has 3 N–H and O–H groups in total. The molecule has 0 aliphatic rings. The van der Waals surface area contributed by atoms with Crippen molar-refractivity contribution in [1.29, 1.82) is 0 Å². The molecule has 2 aromatic rings. The zero-order valence-electron chi connectivity index (χ0n) is 10.9. The second-order valence-electron chi connectivity index (χ2n) is 4.46. The second kappa shape index (κ2) is 6.20. The highest BCUT2D eigenvalue weighted by atomic mass is 16.3. The van der Waals surface area contributed by atoms with Crippen LogP contribution < -0.4 is 5.32 Å². The van der Waals surface area contributed by atoms with Crippen molar-refractivity contribution in [1.82, 2.24) is 10.3 Å². The van der Waals surface area contributed by atoms with Gasteiger partial charge in [-0.3, -0.25) is 4.98 Å². The van der Waals surface area contributed by atoms with Crippen LogP contribution in [0.25, 0.3) is 0 Å².